The molecule has 0 saturated heterocycles. The molecule has 5 nitrogen and oxygen atoms in total. The lowest BCUT2D eigenvalue weighted by molar-refractivity contribution is -0.119. The number of aromatic nitrogens is 1. The van der Waals surface area contributed by atoms with E-state index in [9.17, 15) is 9.59 Å². The van der Waals surface area contributed by atoms with Gasteiger partial charge < -0.3 is 10.6 Å². The molecule has 0 spiro atoms. The van der Waals surface area contributed by atoms with Crippen LogP contribution in [-0.2, 0) is 11.2 Å². The fraction of sp³-hybridized carbons (Fsp3) is 0.192. The molecule has 33 heavy (non-hydrogen) atoms. The first-order valence-corrected chi connectivity index (χ1v) is 12.5. The monoisotopic (exact) mass is 475 g/mol. The van der Waals surface area contributed by atoms with Crippen LogP contribution in [-0.4, -0.2) is 28.6 Å². The molecule has 4 aromatic rings. The maximum Gasteiger partial charge on any atom is 0.256 e. The molecular weight excluding hydrogens is 450 g/mol. The summed E-state index contributed by atoms with van der Waals surface area (Å²) < 4.78 is 1.19. The smallest absolute Gasteiger partial charge is 0.256 e. The molecule has 0 aliphatic rings. The van der Waals surface area contributed by atoms with Crippen LogP contribution in [0.25, 0.3) is 10.2 Å². The summed E-state index contributed by atoms with van der Waals surface area (Å²) in [5, 5.41) is 6.90. The minimum Gasteiger partial charge on any atom is -0.353 e. The van der Waals surface area contributed by atoms with Gasteiger partial charge in [0.25, 0.3) is 5.91 Å². The zero-order valence-corrected chi connectivity index (χ0v) is 20.1. The van der Waals surface area contributed by atoms with Gasteiger partial charge in [-0.3, -0.25) is 9.59 Å². The number of fused-ring (bicyclic) bond motifs is 1. The lowest BCUT2D eigenvalue weighted by Crippen LogP contribution is -2.31. The zero-order chi connectivity index (χ0) is 23.2. The van der Waals surface area contributed by atoms with Crippen molar-refractivity contribution >= 4 is 50.8 Å². The maximum atomic E-state index is 12.9. The number of nitrogens with one attached hydrogen (secondary N) is 2. The van der Waals surface area contributed by atoms with Crippen LogP contribution < -0.4 is 10.6 Å². The molecule has 168 valence electrons. The van der Waals surface area contributed by atoms with Crippen LogP contribution in [0.1, 0.15) is 34.8 Å². The van der Waals surface area contributed by atoms with Gasteiger partial charge in [0, 0.05) is 23.0 Å². The number of thioether (sulfide) groups is 1. The van der Waals surface area contributed by atoms with Gasteiger partial charge in [-0.25, -0.2) is 4.98 Å². The minimum atomic E-state index is -0.193. The topological polar surface area (TPSA) is 71.1 Å². The predicted octanol–water partition coefficient (Wildman–Crippen LogP) is 5.76. The molecule has 4 rings (SSSR count). The summed E-state index contributed by atoms with van der Waals surface area (Å²) in [6.07, 6.45) is 0.755. The van der Waals surface area contributed by atoms with E-state index in [1.807, 2.05) is 74.5 Å². The Morgan fingerprint density at radius 2 is 1.70 bits per heavy atom. The number of thiazole rings is 1. The average Bonchev–Trinajstić information content (AvgIpc) is 3.21. The summed E-state index contributed by atoms with van der Waals surface area (Å²) in [7, 11) is 0. The van der Waals surface area contributed by atoms with E-state index in [-0.39, 0.29) is 23.6 Å². The molecule has 0 fully saturated rings. The third-order valence-electron chi connectivity index (χ3n) is 4.85. The molecule has 0 unspecified atom stereocenters. The lowest BCUT2D eigenvalue weighted by Gasteiger charge is -2.11. The van der Waals surface area contributed by atoms with Crippen LogP contribution in [0.5, 0.6) is 0 Å². The third kappa shape index (κ3) is 6.21. The molecule has 3 aromatic carbocycles. The van der Waals surface area contributed by atoms with E-state index in [2.05, 4.69) is 16.7 Å². The Balaban J connectivity index is 1.39. The second kappa shape index (κ2) is 10.6. The maximum absolute atomic E-state index is 12.9. The number of rotatable bonds is 8. The number of benzene rings is 3. The van der Waals surface area contributed by atoms with Crippen molar-refractivity contribution in [1.29, 1.82) is 0 Å². The molecule has 1 aromatic heterocycles. The highest BCUT2D eigenvalue weighted by molar-refractivity contribution is 8.00. The first-order valence-electron chi connectivity index (χ1n) is 10.7. The van der Waals surface area contributed by atoms with E-state index in [0.717, 1.165) is 33.1 Å². The van der Waals surface area contributed by atoms with Crippen molar-refractivity contribution in [1.82, 2.24) is 10.3 Å². The quantitative estimate of drug-likeness (QED) is 0.318. The Morgan fingerprint density at radius 3 is 2.45 bits per heavy atom. The number of carbonyl (C=O) groups is 2. The summed E-state index contributed by atoms with van der Waals surface area (Å²) in [6.45, 7) is 3.85. The molecule has 0 atom stereocenters. The number of hydrogen-bond acceptors (Lipinski definition) is 5. The molecule has 0 saturated carbocycles. The van der Waals surface area contributed by atoms with Crippen molar-refractivity contribution in [2.75, 3.05) is 11.1 Å². The molecule has 2 amide bonds. The summed E-state index contributed by atoms with van der Waals surface area (Å²) in [6, 6.07) is 23.4. The van der Waals surface area contributed by atoms with Crippen LogP contribution in [0.4, 0.5) is 5.69 Å². The Hall–Kier alpha value is -3.16. The number of anilines is 1. The Morgan fingerprint density at radius 1 is 0.970 bits per heavy atom. The number of nitrogens with zero attached hydrogens (tertiary/aromatic N) is 1. The summed E-state index contributed by atoms with van der Waals surface area (Å²) in [4.78, 5) is 30.3. The lowest BCUT2D eigenvalue weighted by atomic mass is 10.1. The second-order valence-electron chi connectivity index (χ2n) is 7.91. The van der Waals surface area contributed by atoms with Gasteiger partial charge in [0.15, 0.2) is 0 Å². The van der Waals surface area contributed by atoms with Crippen LogP contribution in [0, 0.1) is 0 Å². The molecule has 0 aliphatic carbocycles. The Bertz CT molecular complexity index is 1230. The Kier molecular flexibility index (Phi) is 7.42. The van der Waals surface area contributed by atoms with Crippen molar-refractivity contribution in [2.45, 2.75) is 31.2 Å². The highest BCUT2D eigenvalue weighted by atomic mass is 32.2. The molecular formula is C26H25N3O2S2. The zero-order valence-electron chi connectivity index (χ0n) is 18.5. The largest absolute Gasteiger partial charge is 0.353 e. The SMILES string of the molecule is CC(C)NC(=O)CSc1ccccc1C(=O)Nc1ccc(Cc2nc3ccccc3s2)cc1. The van der Waals surface area contributed by atoms with Gasteiger partial charge in [0.2, 0.25) is 5.91 Å². The summed E-state index contributed by atoms with van der Waals surface area (Å²) in [5.74, 6) is 0.0263. The second-order valence-corrected chi connectivity index (χ2v) is 10.0. The normalized spacial score (nSPS) is 11.0. The molecule has 7 heteroatoms. The van der Waals surface area contributed by atoms with Crippen LogP contribution in [0.15, 0.2) is 77.7 Å². The van der Waals surface area contributed by atoms with E-state index in [1.165, 1.54) is 16.5 Å². The molecule has 0 radical (unpaired) electrons. The number of hydrogen-bond donors (Lipinski definition) is 2. The third-order valence-corrected chi connectivity index (χ3v) is 6.96. The minimum absolute atomic E-state index is 0.0473. The van der Waals surface area contributed by atoms with Gasteiger partial charge in [0.1, 0.15) is 0 Å². The summed E-state index contributed by atoms with van der Waals surface area (Å²) in [5.41, 5.74) is 3.45. The molecule has 2 N–H and O–H groups in total. The predicted molar refractivity (Wildman–Crippen MR) is 137 cm³/mol. The van der Waals surface area contributed by atoms with Crippen molar-refractivity contribution in [3.8, 4) is 0 Å². The highest BCUT2D eigenvalue weighted by Gasteiger charge is 2.14. The first-order chi connectivity index (χ1) is 16.0. The fourth-order valence-corrected chi connectivity index (χ4v) is 5.22. The van der Waals surface area contributed by atoms with Crippen molar-refractivity contribution in [2.24, 2.45) is 0 Å². The van der Waals surface area contributed by atoms with E-state index < -0.39 is 0 Å². The molecule has 1 heterocycles. The van der Waals surface area contributed by atoms with Gasteiger partial charge in [0.05, 0.1) is 26.5 Å². The van der Waals surface area contributed by atoms with E-state index in [1.54, 1.807) is 17.4 Å². The van der Waals surface area contributed by atoms with Crippen LogP contribution >= 0.6 is 23.1 Å². The van der Waals surface area contributed by atoms with Gasteiger partial charge in [-0.2, -0.15) is 0 Å². The summed E-state index contributed by atoms with van der Waals surface area (Å²) >= 11 is 3.07. The van der Waals surface area contributed by atoms with Crippen LogP contribution in [0.2, 0.25) is 0 Å². The molecule has 0 bridgehead atoms. The first kappa shape index (κ1) is 23.0. The highest BCUT2D eigenvalue weighted by Crippen LogP contribution is 2.25. The van der Waals surface area contributed by atoms with Crippen LogP contribution in [0.3, 0.4) is 0 Å². The van der Waals surface area contributed by atoms with Gasteiger partial charge >= 0.3 is 0 Å². The van der Waals surface area contributed by atoms with E-state index in [0.29, 0.717) is 5.56 Å². The Labute approximate surface area is 201 Å². The van der Waals surface area contributed by atoms with Gasteiger partial charge in [-0.05, 0) is 55.8 Å². The van der Waals surface area contributed by atoms with Crippen molar-refractivity contribution in [3.05, 3.63) is 88.9 Å². The number of para-hydroxylation sites is 1. The van der Waals surface area contributed by atoms with E-state index in [4.69, 9.17) is 4.98 Å². The standard InChI is InChI=1S/C26H25N3O2S2/c1-17(2)27-24(30)16-32-22-9-5-3-7-20(22)26(31)28-19-13-11-18(12-14-19)15-25-29-21-8-4-6-10-23(21)33-25/h3-14,17H,15-16H2,1-2H3,(H,27,30)(H,28,31). The average molecular weight is 476 g/mol. The molecule has 0 aliphatic heterocycles. The van der Waals surface area contributed by atoms with E-state index >= 15 is 0 Å². The van der Waals surface area contributed by atoms with Crippen molar-refractivity contribution in [3.63, 3.8) is 0 Å². The number of amides is 2. The number of carbonyl (C=O) groups excluding carboxylic acids is 2. The fourth-order valence-electron chi connectivity index (χ4n) is 3.36. The van der Waals surface area contributed by atoms with Gasteiger partial charge in [-0.1, -0.05) is 36.4 Å². The van der Waals surface area contributed by atoms with Gasteiger partial charge in [-0.15, -0.1) is 23.1 Å². The van der Waals surface area contributed by atoms with Crippen molar-refractivity contribution < 1.29 is 9.59 Å².